The Morgan fingerprint density at radius 2 is 1.66 bits per heavy atom. The Bertz CT molecular complexity index is 1230. The molecule has 2 unspecified atom stereocenters. The van der Waals surface area contributed by atoms with Crippen LogP contribution >= 0.6 is 0 Å². The smallest absolute Gasteiger partial charge is 0.253 e. The molecule has 9 heteroatoms. The molecule has 3 saturated heterocycles. The lowest BCUT2D eigenvalue weighted by molar-refractivity contribution is -0.153. The summed E-state index contributed by atoms with van der Waals surface area (Å²) in [6.45, 7) is 20.0. The van der Waals surface area contributed by atoms with Crippen LogP contribution in [-0.2, 0) is 19.1 Å². The van der Waals surface area contributed by atoms with E-state index in [1.165, 1.54) is 0 Å². The Kier molecular flexibility index (Phi) is 10.3. The highest BCUT2D eigenvalue weighted by molar-refractivity contribution is 6.05. The van der Waals surface area contributed by atoms with Crippen molar-refractivity contribution in [3.05, 3.63) is 49.6 Å². The van der Waals surface area contributed by atoms with Crippen LogP contribution in [0.25, 0.3) is 0 Å². The number of aliphatic hydroxyl groups excluding tert-OH is 1. The number of fused-ring (bicyclic) bond motifs is 1. The normalized spacial score (nSPS) is 27.8. The Balaban J connectivity index is 1.85. The number of amides is 3. The quantitative estimate of drug-likeness (QED) is 0.299. The molecule has 1 spiro atoms. The molecule has 0 aromatic heterocycles. The van der Waals surface area contributed by atoms with Crippen LogP contribution in [0.4, 0.5) is 11.4 Å². The van der Waals surface area contributed by atoms with E-state index in [1.807, 2.05) is 45.0 Å². The molecule has 1 aromatic carbocycles. The van der Waals surface area contributed by atoms with Gasteiger partial charge in [0.15, 0.2) is 0 Å². The van der Waals surface area contributed by atoms with Crippen molar-refractivity contribution in [3.63, 3.8) is 0 Å². The molecule has 4 rings (SSSR count). The maximum Gasteiger partial charge on any atom is 0.253 e. The minimum Gasteiger partial charge on any atom is -0.394 e. The van der Waals surface area contributed by atoms with Crippen LogP contribution in [0, 0.1) is 17.8 Å². The SMILES string of the molecule is C=CCN(C)C(=O)[C@H]1[C@H]2C(=O)N([C@@H](CO)CC(C)C)C(C(=O)N(CC=C)c3ccc(N(CC)CC)cc3)C23CC[C@]1(CC)O3. The predicted octanol–water partition coefficient (Wildman–Crippen LogP) is 4.26. The van der Waals surface area contributed by atoms with Crippen LogP contribution < -0.4 is 9.80 Å². The number of carbonyl (C=O) groups is 3. The van der Waals surface area contributed by atoms with E-state index in [0.717, 1.165) is 18.8 Å². The fraction of sp³-hybridized carbons (Fsp3) is 0.629. The van der Waals surface area contributed by atoms with Crippen LogP contribution in [-0.4, -0.2) is 95.7 Å². The van der Waals surface area contributed by atoms with Crippen molar-refractivity contribution in [1.82, 2.24) is 9.80 Å². The van der Waals surface area contributed by atoms with Gasteiger partial charge in [-0.15, -0.1) is 13.2 Å². The van der Waals surface area contributed by atoms with Crippen molar-refractivity contribution in [3.8, 4) is 0 Å². The molecule has 9 nitrogen and oxygen atoms in total. The molecule has 6 atom stereocenters. The number of hydrogen-bond donors (Lipinski definition) is 1. The van der Waals surface area contributed by atoms with Crippen molar-refractivity contribution < 1.29 is 24.2 Å². The number of likely N-dealkylation sites (N-methyl/N-ethyl adjacent to an activating group) is 1. The summed E-state index contributed by atoms with van der Waals surface area (Å²) in [4.78, 5) is 50.8. The predicted molar refractivity (Wildman–Crippen MR) is 174 cm³/mol. The molecule has 0 radical (unpaired) electrons. The molecule has 0 saturated carbocycles. The van der Waals surface area contributed by atoms with Gasteiger partial charge in [0.1, 0.15) is 11.6 Å². The van der Waals surface area contributed by atoms with Gasteiger partial charge in [0.25, 0.3) is 5.91 Å². The van der Waals surface area contributed by atoms with E-state index in [0.29, 0.717) is 37.9 Å². The van der Waals surface area contributed by atoms with Gasteiger partial charge in [0, 0.05) is 44.6 Å². The van der Waals surface area contributed by atoms with Gasteiger partial charge < -0.3 is 29.4 Å². The van der Waals surface area contributed by atoms with Crippen molar-refractivity contribution in [2.45, 2.75) is 83.6 Å². The number of anilines is 2. The van der Waals surface area contributed by atoms with Crippen molar-refractivity contribution in [2.75, 3.05) is 49.6 Å². The fourth-order valence-corrected chi connectivity index (χ4v) is 8.08. The molecule has 3 aliphatic rings. The van der Waals surface area contributed by atoms with Crippen LogP contribution in [0.3, 0.4) is 0 Å². The van der Waals surface area contributed by atoms with Gasteiger partial charge >= 0.3 is 0 Å². The molecule has 242 valence electrons. The maximum absolute atomic E-state index is 15.0. The van der Waals surface area contributed by atoms with Crippen molar-refractivity contribution in [2.24, 2.45) is 17.8 Å². The lowest BCUT2D eigenvalue weighted by atomic mass is 9.64. The summed E-state index contributed by atoms with van der Waals surface area (Å²) in [6.07, 6.45) is 5.48. The zero-order chi connectivity index (χ0) is 32.4. The van der Waals surface area contributed by atoms with Gasteiger partial charge in [-0.25, -0.2) is 0 Å². The summed E-state index contributed by atoms with van der Waals surface area (Å²) >= 11 is 0. The number of ether oxygens (including phenoxy) is 1. The zero-order valence-electron chi connectivity index (χ0n) is 27.5. The average Bonchev–Trinajstić information content (AvgIpc) is 3.62. The molecule has 3 fully saturated rings. The van der Waals surface area contributed by atoms with Crippen molar-refractivity contribution >= 4 is 29.1 Å². The first-order valence-corrected chi connectivity index (χ1v) is 16.3. The molecule has 0 aliphatic carbocycles. The summed E-state index contributed by atoms with van der Waals surface area (Å²) < 4.78 is 6.96. The molecular formula is C35H52N4O5. The molecule has 2 bridgehead atoms. The topological polar surface area (TPSA) is 93.6 Å². The minimum absolute atomic E-state index is 0.168. The lowest BCUT2D eigenvalue weighted by Gasteiger charge is -2.40. The van der Waals surface area contributed by atoms with Gasteiger partial charge in [-0.1, -0.05) is 32.9 Å². The summed E-state index contributed by atoms with van der Waals surface area (Å²) in [5.74, 6) is -2.10. The van der Waals surface area contributed by atoms with E-state index in [-0.39, 0.29) is 36.8 Å². The van der Waals surface area contributed by atoms with Gasteiger partial charge in [-0.05, 0) is 69.7 Å². The molecule has 44 heavy (non-hydrogen) atoms. The summed E-state index contributed by atoms with van der Waals surface area (Å²) in [7, 11) is 1.72. The molecule has 3 amide bonds. The standard InChI is InChI=1S/C35H52N4O5/c1-9-20-36(8)31(41)28-29-32(42)39(27(23-40)22-24(6)7)30(35(29)19-18-34(28,11-3)44-35)33(43)38(21-10-2)26-16-14-25(15-17-26)37(12-4)13-5/h9-10,14-17,24,27-30,40H,1-2,11-13,18-23H2,3-8H3/t27-,28-,29+,30?,34+,35?/m1/s1. The van der Waals surface area contributed by atoms with E-state index >= 15 is 0 Å². The zero-order valence-corrected chi connectivity index (χ0v) is 27.5. The largest absolute Gasteiger partial charge is 0.394 e. The third-order valence-electron chi connectivity index (χ3n) is 10.1. The number of likely N-dealkylation sites (tertiary alicyclic amines) is 1. The van der Waals surface area contributed by atoms with Gasteiger partial charge in [0.05, 0.1) is 30.1 Å². The van der Waals surface area contributed by atoms with Crippen LogP contribution in [0.15, 0.2) is 49.6 Å². The third kappa shape index (κ3) is 5.47. The number of aliphatic hydroxyl groups is 1. The maximum atomic E-state index is 15.0. The van der Waals surface area contributed by atoms with Crippen LogP contribution in [0.5, 0.6) is 0 Å². The molecule has 3 aliphatic heterocycles. The highest BCUT2D eigenvalue weighted by Gasteiger charge is 2.79. The Morgan fingerprint density at radius 3 is 2.18 bits per heavy atom. The van der Waals surface area contributed by atoms with Crippen molar-refractivity contribution in [1.29, 1.82) is 0 Å². The van der Waals surface area contributed by atoms with Crippen LogP contribution in [0.1, 0.15) is 60.3 Å². The first-order valence-electron chi connectivity index (χ1n) is 16.3. The summed E-state index contributed by atoms with van der Waals surface area (Å²) in [6, 6.07) is 6.30. The number of rotatable bonds is 15. The Hall–Kier alpha value is -3.17. The monoisotopic (exact) mass is 608 g/mol. The second kappa shape index (κ2) is 13.4. The summed E-state index contributed by atoms with van der Waals surface area (Å²) in [5, 5.41) is 10.6. The average molecular weight is 609 g/mol. The first-order chi connectivity index (χ1) is 21.0. The Labute approximate surface area is 263 Å². The van der Waals surface area contributed by atoms with Gasteiger partial charge in [-0.3, -0.25) is 14.4 Å². The second-order valence-corrected chi connectivity index (χ2v) is 13.0. The minimum atomic E-state index is -1.18. The number of carbonyl (C=O) groups excluding carboxylic acids is 3. The number of hydrogen-bond acceptors (Lipinski definition) is 6. The van der Waals surface area contributed by atoms with E-state index in [4.69, 9.17) is 4.74 Å². The number of benzene rings is 1. The van der Waals surface area contributed by atoms with E-state index in [9.17, 15) is 19.5 Å². The first kappa shape index (κ1) is 33.7. The van der Waals surface area contributed by atoms with E-state index < -0.39 is 35.1 Å². The van der Waals surface area contributed by atoms with Gasteiger partial charge in [0.2, 0.25) is 11.8 Å². The molecule has 1 N–H and O–H groups in total. The highest BCUT2D eigenvalue weighted by atomic mass is 16.5. The second-order valence-electron chi connectivity index (χ2n) is 13.0. The molecule has 3 heterocycles. The number of nitrogens with zero attached hydrogens (tertiary/aromatic N) is 4. The Morgan fingerprint density at radius 1 is 1.05 bits per heavy atom. The fourth-order valence-electron chi connectivity index (χ4n) is 8.08. The third-order valence-corrected chi connectivity index (χ3v) is 10.1. The van der Waals surface area contributed by atoms with E-state index in [2.05, 4.69) is 31.9 Å². The molecular weight excluding hydrogens is 556 g/mol. The molecule has 1 aromatic rings. The lowest BCUT2D eigenvalue weighted by Crippen LogP contribution is -2.59. The van der Waals surface area contributed by atoms with Gasteiger partial charge in [-0.2, -0.15) is 0 Å². The van der Waals surface area contributed by atoms with E-state index in [1.54, 1.807) is 33.9 Å². The van der Waals surface area contributed by atoms with Crippen LogP contribution in [0.2, 0.25) is 0 Å². The highest BCUT2D eigenvalue weighted by Crippen LogP contribution is 2.65. The summed E-state index contributed by atoms with van der Waals surface area (Å²) in [5.41, 5.74) is -0.256.